The van der Waals surface area contributed by atoms with E-state index in [1.807, 2.05) is 6.07 Å². The van der Waals surface area contributed by atoms with Gasteiger partial charge >= 0.3 is 0 Å². The van der Waals surface area contributed by atoms with Crippen molar-refractivity contribution in [1.29, 1.82) is 0 Å². The molecule has 0 atom stereocenters. The van der Waals surface area contributed by atoms with Gasteiger partial charge in [-0.1, -0.05) is 0 Å². The monoisotopic (exact) mass is 315 g/mol. The van der Waals surface area contributed by atoms with E-state index in [1.54, 1.807) is 0 Å². The summed E-state index contributed by atoms with van der Waals surface area (Å²) < 4.78 is 6.12. The van der Waals surface area contributed by atoms with Crippen LogP contribution in [0.1, 0.15) is 25.7 Å². The van der Waals surface area contributed by atoms with E-state index in [9.17, 15) is 0 Å². The van der Waals surface area contributed by atoms with Gasteiger partial charge in [-0.3, -0.25) is 5.10 Å². The number of aromatic amines is 1. The van der Waals surface area contributed by atoms with Crippen molar-refractivity contribution in [3.63, 3.8) is 0 Å². The fraction of sp³-hybridized carbons (Fsp3) is 0.588. The maximum atomic E-state index is 6.12. The lowest BCUT2D eigenvalue weighted by molar-refractivity contribution is 0.215. The highest BCUT2D eigenvalue weighted by molar-refractivity contribution is 6.00. The molecule has 0 radical (unpaired) electrons. The van der Waals surface area contributed by atoms with E-state index in [0.29, 0.717) is 11.7 Å². The molecule has 2 aliphatic rings. The fourth-order valence-electron chi connectivity index (χ4n) is 3.69. The predicted octanol–water partition coefficient (Wildman–Crippen LogP) is 2.12. The Morgan fingerprint density at radius 3 is 2.78 bits per heavy atom. The van der Waals surface area contributed by atoms with E-state index >= 15 is 0 Å². The molecule has 0 spiro atoms. The van der Waals surface area contributed by atoms with Gasteiger partial charge in [0.05, 0.1) is 23.2 Å². The number of fused-ring (bicyclic) bond motifs is 1. The number of nitrogens with one attached hydrogen (secondary N) is 2. The second-order valence-electron chi connectivity index (χ2n) is 6.67. The first-order valence-corrected chi connectivity index (χ1v) is 8.67. The number of benzene rings is 1. The van der Waals surface area contributed by atoms with E-state index < -0.39 is 0 Å². The van der Waals surface area contributed by atoms with Crippen LogP contribution < -0.4 is 20.7 Å². The van der Waals surface area contributed by atoms with Crippen molar-refractivity contribution in [2.45, 2.75) is 25.7 Å². The van der Waals surface area contributed by atoms with Crippen molar-refractivity contribution in [2.75, 3.05) is 43.4 Å². The van der Waals surface area contributed by atoms with Crippen molar-refractivity contribution in [2.24, 2.45) is 5.92 Å². The molecule has 6 heteroatoms. The number of hydrogen-bond donors (Lipinski definition) is 3. The lowest BCUT2D eigenvalue weighted by atomic mass is 9.99. The van der Waals surface area contributed by atoms with E-state index in [-0.39, 0.29) is 0 Å². The molecule has 2 fully saturated rings. The molecule has 1 aromatic heterocycles. The number of aromatic nitrogens is 2. The van der Waals surface area contributed by atoms with Crippen LogP contribution in [0.5, 0.6) is 5.75 Å². The molecule has 3 heterocycles. The Labute approximate surface area is 136 Å². The molecule has 0 saturated carbocycles. The number of rotatable bonds is 4. The van der Waals surface area contributed by atoms with Crippen LogP contribution in [-0.2, 0) is 0 Å². The lowest BCUT2D eigenvalue weighted by Crippen LogP contribution is -2.30. The van der Waals surface area contributed by atoms with Crippen molar-refractivity contribution in [3.8, 4) is 5.75 Å². The van der Waals surface area contributed by atoms with Gasteiger partial charge in [0.2, 0.25) is 0 Å². The smallest absolute Gasteiger partial charge is 0.155 e. The van der Waals surface area contributed by atoms with E-state index in [4.69, 9.17) is 10.5 Å². The minimum Gasteiger partial charge on any atom is -0.493 e. The summed E-state index contributed by atoms with van der Waals surface area (Å²) in [5.74, 6) is 2.14. The van der Waals surface area contributed by atoms with Crippen molar-refractivity contribution in [1.82, 2.24) is 15.5 Å². The van der Waals surface area contributed by atoms with Gasteiger partial charge in [0, 0.05) is 25.2 Å². The molecule has 6 nitrogen and oxygen atoms in total. The second-order valence-corrected chi connectivity index (χ2v) is 6.67. The van der Waals surface area contributed by atoms with Gasteiger partial charge in [-0.05, 0) is 44.7 Å². The topological polar surface area (TPSA) is 79.2 Å². The van der Waals surface area contributed by atoms with Gasteiger partial charge in [0.25, 0.3) is 0 Å². The number of piperidine rings is 1. The van der Waals surface area contributed by atoms with E-state index in [0.717, 1.165) is 55.1 Å². The van der Waals surface area contributed by atoms with Crippen molar-refractivity contribution >= 4 is 22.4 Å². The molecule has 0 unspecified atom stereocenters. The van der Waals surface area contributed by atoms with Crippen LogP contribution in [0, 0.1) is 5.92 Å². The molecule has 0 amide bonds. The third-order valence-electron chi connectivity index (χ3n) is 5.04. The number of nitrogen functional groups attached to an aromatic ring is 1. The Kier molecular flexibility index (Phi) is 3.99. The summed E-state index contributed by atoms with van der Waals surface area (Å²) in [5.41, 5.74) is 8.19. The molecule has 4 rings (SSSR count). The molecule has 2 saturated heterocycles. The third-order valence-corrected chi connectivity index (χ3v) is 5.04. The largest absolute Gasteiger partial charge is 0.493 e. The van der Waals surface area contributed by atoms with Gasteiger partial charge in [0.15, 0.2) is 5.82 Å². The van der Waals surface area contributed by atoms with Crippen molar-refractivity contribution < 1.29 is 4.74 Å². The molecule has 4 N–H and O–H groups in total. The number of anilines is 2. The Morgan fingerprint density at radius 2 is 2.00 bits per heavy atom. The molecule has 2 aromatic rings. The zero-order valence-corrected chi connectivity index (χ0v) is 13.5. The summed E-state index contributed by atoms with van der Waals surface area (Å²) in [6.45, 7) is 5.15. The number of nitrogens with two attached hydrogens (primary N) is 1. The molecule has 23 heavy (non-hydrogen) atoms. The normalized spacial score (nSPS) is 19.6. The first-order valence-electron chi connectivity index (χ1n) is 8.67. The molecule has 124 valence electrons. The maximum Gasteiger partial charge on any atom is 0.155 e. The molecule has 2 aliphatic heterocycles. The summed E-state index contributed by atoms with van der Waals surface area (Å²) in [6, 6.07) is 4.17. The van der Waals surface area contributed by atoms with Crippen LogP contribution in [0.3, 0.4) is 0 Å². The van der Waals surface area contributed by atoms with Crippen LogP contribution >= 0.6 is 0 Å². The van der Waals surface area contributed by atoms with Gasteiger partial charge in [-0.25, -0.2) is 0 Å². The van der Waals surface area contributed by atoms with Crippen LogP contribution in [-0.4, -0.2) is 43.0 Å². The Balaban J connectivity index is 1.59. The van der Waals surface area contributed by atoms with E-state index in [2.05, 4.69) is 26.5 Å². The maximum absolute atomic E-state index is 6.12. The van der Waals surface area contributed by atoms with Gasteiger partial charge in [-0.2, -0.15) is 5.10 Å². The standard InChI is InChI=1S/C17H25N5O/c18-17-16-14(20-21-17)9-13(10-15(16)22-7-1-2-8-22)23-11-12-3-5-19-6-4-12/h9-10,12,19H,1-8,11H2,(H3,18,20,21). The van der Waals surface area contributed by atoms with Crippen LogP contribution in [0.25, 0.3) is 10.9 Å². The fourth-order valence-corrected chi connectivity index (χ4v) is 3.69. The van der Waals surface area contributed by atoms with Gasteiger partial charge < -0.3 is 20.7 Å². The van der Waals surface area contributed by atoms with Crippen LogP contribution in [0.15, 0.2) is 12.1 Å². The molecular weight excluding hydrogens is 290 g/mol. The van der Waals surface area contributed by atoms with Crippen molar-refractivity contribution in [3.05, 3.63) is 12.1 Å². The number of ether oxygens (including phenoxy) is 1. The highest BCUT2D eigenvalue weighted by Gasteiger charge is 2.20. The molecule has 0 aliphatic carbocycles. The Bertz CT molecular complexity index is 671. The number of nitrogens with zero attached hydrogens (tertiary/aromatic N) is 2. The highest BCUT2D eigenvalue weighted by atomic mass is 16.5. The predicted molar refractivity (Wildman–Crippen MR) is 93.0 cm³/mol. The minimum absolute atomic E-state index is 0.576. The Hall–Kier alpha value is -1.95. The molecule has 0 bridgehead atoms. The minimum atomic E-state index is 0.576. The first-order chi connectivity index (χ1) is 11.3. The molecule has 1 aromatic carbocycles. The average molecular weight is 315 g/mol. The highest BCUT2D eigenvalue weighted by Crippen LogP contribution is 2.36. The molecular formula is C17H25N5O. The summed E-state index contributed by atoms with van der Waals surface area (Å²) in [7, 11) is 0. The van der Waals surface area contributed by atoms with Gasteiger partial charge in [-0.15, -0.1) is 0 Å². The summed E-state index contributed by atoms with van der Waals surface area (Å²) in [5, 5.41) is 11.6. The summed E-state index contributed by atoms with van der Waals surface area (Å²) in [4.78, 5) is 2.39. The third kappa shape index (κ3) is 2.95. The van der Waals surface area contributed by atoms with Crippen LogP contribution in [0.2, 0.25) is 0 Å². The van der Waals surface area contributed by atoms with E-state index in [1.165, 1.54) is 25.7 Å². The first kappa shape index (κ1) is 14.6. The SMILES string of the molecule is Nc1n[nH]c2cc(OCC3CCNCC3)cc(N3CCCC3)c12. The average Bonchev–Trinajstić information content (AvgIpc) is 3.24. The lowest BCUT2D eigenvalue weighted by Gasteiger charge is -2.24. The summed E-state index contributed by atoms with van der Waals surface area (Å²) >= 11 is 0. The zero-order valence-electron chi connectivity index (χ0n) is 13.5. The van der Waals surface area contributed by atoms with Crippen LogP contribution in [0.4, 0.5) is 11.5 Å². The second kappa shape index (κ2) is 6.28. The number of H-pyrrole nitrogens is 1. The quantitative estimate of drug-likeness (QED) is 0.805. The zero-order chi connectivity index (χ0) is 15.6. The summed E-state index contributed by atoms with van der Waals surface area (Å²) in [6.07, 6.45) is 4.86. The number of hydrogen-bond acceptors (Lipinski definition) is 5. The Morgan fingerprint density at radius 1 is 1.22 bits per heavy atom. The van der Waals surface area contributed by atoms with Gasteiger partial charge in [0.1, 0.15) is 5.75 Å².